The van der Waals surface area contributed by atoms with E-state index in [1.54, 1.807) is 6.92 Å². The molecule has 1 aromatic heterocycles. The van der Waals surface area contributed by atoms with Crippen LogP contribution in [0.3, 0.4) is 0 Å². The van der Waals surface area contributed by atoms with Crippen LogP contribution in [-0.4, -0.2) is 30.6 Å². The third-order valence-corrected chi connectivity index (χ3v) is 3.20. The van der Waals surface area contributed by atoms with Crippen LogP contribution in [0.15, 0.2) is 28.8 Å². The first-order valence-corrected chi connectivity index (χ1v) is 7.41. The van der Waals surface area contributed by atoms with Gasteiger partial charge in [-0.2, -0.15) is 13.2 Å². The molecule has 10 heteroatoms. The fraction of sp³-hybridized carbons (Fsp3) is 0.312. The topological polar surface area (TPSA) is 90.7 Å². The lowest BCUT2D eigenvalue weighted by Gasteiger charge is -2.13. The molecule has 7 nitrogen and oxygen atoms in total. The van der Waals surface area contributed by atoms with E-state index < -0.39 is 30.0 Å². The summed E-state index contributed by atoms with van der Waals surface area (Å²) >= 11 is 0. The summed E-state index contributed by atoms with van der Waals surface area (Å²) in [4.78, 5) is 27.1. The zero-order valence-corrected chi connectivity index (χ0v) is 13.8. The van der Waals surface area contributed by atoms with Crippen molar-refractivity contribution >= 4 is 17.9 Å². The Morgan fingerprint density at radius 1 is 1.31 bits per heavy atom. The van der Waals surface area contributed by atoms with Crippen LogP contribution in [-0.2, 0) is 22.1 Å². The number of carbonyl (C=O) groups is 2. The highest BCUT2D eigenvalue weighted by Gasteiger charge is 2.34. The second kappa shape index (κ2) is 7.89. The minimum atomic E-state index is -4.65. The van der Waals surface area contributed by atoms with Gasteiger partial charge in [-0.15, -0.1) is 0 Å². The summed E-state index contributed by atoms with van der Waals surface area (Å²) in [6, 6.07) is 2.97. The molecule has 1 aromatic carbocycles. The maximum Gasteiger partial charge on any atom is 0.416 e. The molecule has 0 aliphatic rings. The largest absolute Gasteiger partial charge is 0.497 e. The van der Waals surface area contributed by atoms with Gasteiger partial charge >= 0.3 is 18.2 Å². The number of halogens is 3. The predicted octanol–water partition coefficient (Wildman–Crippen LogP) is 3.06. The second-order valence-corrected chi connectivity index (χ2v) is 5.00. The summed E-state index contributed by atoms with van der Waals surface area (Å²) in [5, 5.41) is 2.19. The van der Waals surface area contributed by atoms with Crippen LogP contribution in [0.5, 0.6) is 5.75 Å². The van der Waals surface area contributed by atoms with E-state index >= 15 is 0 Å². The van der Waals surface area contributed by atoms with Crippen LogP contribution >= 0.6 is 0 Å². The Morgan fingerprint density at radius 2 is 2.04 bits per heavy atom. The fourth-order valence-electron chi connectivity index (χ4n) is 2.07. The van der Waals surface area contributed by atoms with Crippen molar-refractivity contribution in [2.75, 3.05) is 19.0 Å². The smallest absolute Gasteiger partial charge is 0.416 e. The van der Waals surface area contributed by atoms with Gasteiger partial charge in [0.1, 0.15) is 5.75 Å². The van der Waals surface area contributed by atoms with E-state index in [0.717, 1.165) is 18.3 Å². The molecule has 2 rings (SSSR count). The summed E-state index contributed by atoms with van der Waals surface area (Å²) in [6.07, 6.45) is -4.18. The standard InChI is InChI=1S/C16H15F3N2O5/c1-3-25-14(23)12-8-20-15(26-12)21-13(22)6-9-4-5-10(24-2)7-11(9)16(17,18)19/h4-5,7-8H,3,6H2,1-2H3,(H,20,21,22). The molecule has 140 valence electrons. The number of oxazole rings is 1. The highest BCUT2D eigenvalue weighted by molar-refractivity contribution is 5.91. The average molecular weight is 372 g/mol. The van der Waals surface area contributed by atoms with Crippen molar-refractivity contribution < 1.29 is 36.7 Å². The number of amides is 1. The number of hydrogen-bond donors (Lipinski definition) is 1. The first-order valence-electron chi connectivity index (χ1n) is 7.41. The maximum atomic E-state index is 13.1. The molecule has 0 saturated heterocycles. The number of alkyl halides is 3. The molecular formula is C16H15F3N2O5. The van der Waals surface area contributed by atoms with Crippen LogP contribution in [0.4, 0.5) is 19.2 Å². The third kappa shape index (κ3) is 4.74. The molecule has 0 aliphatic carbocycles. The highest BCUT2D eigenvalue weighted by Crippen LogP contribution is 2.34. The molecule has 0 atom stereocenters. The van der Waals surface area contributed by atoms with Crippen molar-refractivity contribution in [3.63, 3.8) is 0 Å². The van der Waals surface area contributed by atoms with E-state index in [1.807, 2.05) is 0 Å². The van der Waals surface area contributed by atoms with E-state index in [2.05, 4.69) is 10.3 Å². The number of benzene rings is 1. The van der Waals surface area contributed by atoms with Gasteiger partial charge < -0.3 is 13.9 Å². The summed E-state index contributed by atoms with van der Waals surface area (Å²) in [5.74, 6) is -1.77. The Labute approximate surface area is 146 Å². The van der Waals surface area contributed by atoms with Gasteiger partial charge in [-0.25, -0.2) is 9.78 Å². The number of rotatable bonds is 6. The van der Waals surface area contributed by atoms with Crippen LogP contribution in [0.2, 0.25) is 0 Å². The van der Waals surface area contributed by atoms with Gasteiger partial charge in [0.05, 0.1) is 31.9 Å². The Morgan fingerprint density at radius 3 is 2.65 bits per heavy atom. The molecule has 0 bridgehead atoms. The van der Waals surface area contributed by atoms with Gasteiger partial charge in [0, 0.05) is 0 Å². The average Bonchev–Trinajstić information content (AvgIpc) is 3.03. The van der Waals surface area contributed by atoms with Crippen molar-refractivity contribution in [3.05, 3.63) is 41.3 Å². The monoisotopic (exact) mass is 372 g/mol. The molecule has 2 aromatic rings. The Balaban J connectivity index is 2.12. The summed E-state index contributed by atoms with van der Waals surface area (Å²) in [7, 11) is 1.24. The van der Waals surface area contributed by atoms with Gasteiger partial charge in [0.2, 0.25) is 11.7 Å². The number of esters is 1. The third-order valence-electron chi connectivity index (χ3n) is 3.20. The Hall–Kier alpha value is -3.04. The van der Waals surface area contributed by atoms with Crippen LogP contribution in [0.25, 0.3) is 0 Å². The number of aromatic nitrogens is 1. The second-order valence-electron chi connectivity index (χ2n) is 5.00. The summed E-state index contributed by atoms with van der Waals surface area (Å²) in [5.41, 5.74) is -1.22. The van der Waals surface area contributed by atoms with Crippen molar-refractivity contribution in [3.8, 4) is 5.75 Å². The number of ether oxygens (including phenoxy) is 2. The fourth-order valence-corrected chi connectivity index (χ4v) is 2.07. The van der Waals surface area contributed by atoms with Gasteiger partial charge in [0.25, 0.3) is 0 Å². The minimum Gasteiger partial charge on any atom is -0.497 e. The van der Waals surface area contributed by atoms with E-state index in [0.29, 0.717) is 0 Å². The number of carbonyl (C=O) groups excluding carboxylic acids is 2. The molecule has 0 fully saturated rings. The zero-order chi connectivity index (χ0) is 19.3. The van der Waals surface area contributed by atoms with Gasteiger partial charge in [-0.1, -0.05) is 6.07 Å². The van der Waals surface area contributed by atoms with Crippen molar-refractivity contribution in [2.24, 2.45) is 0 Å². The Bertz CT molecular complexity index is 801. The molecule has 0 aliphatic heterocycles. The van der Waals surface area contributed by atoms with Gasteiger partial charge in [-0.3, -0.25) is 10.1 Å². The number of anilines is 1. The first kappa shape index (κ1) is 19.3. The van der Waals surface area contributed by atoms with Gasteiger partial charge in [-0.05, 0) is 24.6 Å². The summed E-state index contributed by atoms with van der Waals surface area (Å²) < 4.78 is 53.9. The normalized spacial score (nSPS) is 11.1. The van der Waals surface area contributed by atoms with E-state index in [-0.39, 0.29) is 29.7 Å². The lowest BCUT2D eigenvalue weighted by atomic mass is 10.0. The zero-order valence-electron chi connectivity index (χ0n) is 13.8. The molecule has 1 N–H and O–H groups in total. The lowest BCUT2D eigenvalue weighted by Crippen LogP contribution is -2.18. The molecule has 0 unspecified atom stereocenters. The van der Waals surface area contributed by atoms with Crippen LogP contribution < -0.4 is 10.1 Å². The first-order chi connectivity index (χ1) is 12.2. The number of nitrogens with zero attached hydrogens (tertiary/aromatic N) is 1. The molecule has 26 heavy (non-hydrogen) atoms. The quantitative estimate of drug-likeness (QED) is 0.784. The number of methoxy groups -OCH3 is 1. The van der Waals surface area contributed by atoms with E-state index in [9.17, 15) is 22.8 Å². The van der Waals surface area contributed by atoms with Crippen molar-refractivity contribution in [2.45, 2.75) is 19.5 Å². The molecule has 1 amide bonds. The molecule has 0 radical (unpaired) electrons. The van der Waals surface area contributed by atoms with Crippen molar-refractivity contribution in [1.82, 2.24) is 4.98 Å². The number of nitrogens with one attached hydrogen (secondary N) is 1. The van der Waals surface area contributed by atoms with Gasteiger partial charge in [0.15, 0.2) is 0 Å². The van der Waals surface area contributed by atoms with Crippen LogP contribution in [0, 0.1) is 0 Å². The summed E-state index contributed by atoms with van der Waals surface area (Å²) in [6.45, 7) is 1.73. The maximum absolute atomic E-state index is 13.1. The molecular weight excluding hydrogens is 357 g/mol. The Kier molecular flexibility index (Phi) is 5.86. The molecule has 0 spiro atoms. The lowest BCUT2D eigenvalue weighted by molar-refractivity contribution is -0.138. The van der Waals surface area contributed by atoms with E-state index in [1.165, 1.54) is 13.2 Å². The highest BCUT2D eigenvalue weighted by atomic mass is 19.4. The van der Waals surface area contributed by atoms with Crippen molar-refractivity contribution in [1.29, 1.82) is 0 Å². The molecule has 1 heterocycles. The number of hydrogen-bond acceptors (Lipinski definition) is 6. The van der Waals surface area contributed by atoms with Crippen LogP contribution in [0.1, 0.15) is 28.6 Å². The minimum absolute atomic E-state index is 0.0215. The SMILES string of the molecule is CCOC(=O)c1cnc(NC(=O)Cc2ccc(OC)cc2C(F)(F)F)o1. The predicted molar refractivity (Wildman–Crippen MR) is 82.8 cm³/mol. The van der Waals surface area contributed by atoms with E-state index in [4.69, 9.17) is 13.9 Å². The molecule has 0 saturated carbocycles.